The minimum atomic E-state index is -2.34. The first-order valence-corrected chi connectivity index (χ1v) is 10.5. The van der Waals surface area contributed by atoms with Crippen molar-refractivity contribution < 1.29 is 59.9 Å². The quantitative estimate of drug-likeness (QED) is 0.0499. The molecule has 0 bridgehead atoms. The van der Waals surface area contributed by atoms with E-state index in [1.54, 1.807) is 0 Å². The van der Waals surface area contributed by atoms with Gasteiger partial charge in [-0.25, -0.2) is 13.2 Å². The van der Waals surface area contributed by atoms with Crippen molar-refractivity contribution in [2.75, 3.05) is 79.3 Å². The fourth-order valence-corrected chi connectivity index (χ4v) is 2.23. The molecule has 1 aromatic rings. The van der Waals surface area contributed by atoms with E-state index in [4.69, 9.17) is 34.8 Å². The third-order valence-electron chi connectivity index (χ3n) is 3.88. The summed E-state index contributed by atoms with van der Waals surface area (Å²) in [5.74, 6) is -11.8. The molecule has 0 unspecified atom stereocenters. The maximum absolute atomic E-state index is 13.5. The van der Waals surface area contributed by atoms with Gasteiger partial charge in [0.15, 0.2) is 0 Å². The molecule has 8 nitrogen and oxygen atoms in total. The number of esters is 1. The largest absolute Gasteiger partial charge is 0.420 e. The Labute approximate surface area is 199 Å². The molecule has 198 valence electrons. The SMILES string of the molecule is C#CCOCCOCCOCCOCCOCCOCCC(=O)Oc1c(F)c(F)c(F)c(F)c1F. The molecule has 0 spiro atoms. The van der Waals surface area contributed by atoms with Crippen LogP contribution in [-0.2, 0) is 33.2 Å². The second-order valence-electron chi connectivity index (χ2n) is 6.44. The van der Waals surface area contributed by atoms with Crippen LogP contribution in [0.2, 0.25) is 0 Å². The molecule has 0 heterocycles. The summed E-state index contributed by atoms with van der Waals surface area (Å²) in [6.07, 6.45) is 4.55. The molecule has 0 saturated carbocycles. The Kier molecular flexibility index (Phi) is 16.6. The molecule has 0 fully saturated rings. The van der Waals surface area contributed by atoms with Gasteiger partial charge in [-0.15, -0.1) is 6.42 Å². The van der Waals surface area contributed by atoms with E-state index in [1.165, 1.54) is 0 Å². The van der Waals surface area contributed by atoms with Crippen molar-refractivity contribution in [2.24, 2.45) is 0 Å². The zero-order chi connectivity index (χ0) is 25.9. The molecular formula is C22H27F5O8. The van der Waals surface area contributed by atoms with E-state index >= 15 is 0 Å². The summed E-state index contributed by atoms with van der Waals surface area (Å²) in [5.41, 5.74) is 0. The van der Waals surface area contributed by atoms with Crippen LogP contribution in [0.5, 0.6) is 5.75 Å². The van der Waals surface area contributed by atoms with Crippen LogP contribution in [0.4, 0.5) is 22.0 Å². The summed E-state index contributed by atoms with van der Waals surface area (Å²) in [5, 5.41) is 0. The first-order valence-electron chi connectivity index (χ1n) is 10.5. The van der Waals surface area contributed by atoms with Gasteiger partial charge in [0, 0.05) is 0 Å². The highest BCUT2D eigenvalue weighted by atomic mass is 19.2. The van der Waals surface area contributed by atoms with Crippen molar-refractivity contribution in [3.63, 3.8) is 0 Å². The first kappa shape index (κ1) is 30.7. The number of terminal acetylenes is 1. The molecule has 1 rings (SSSR count). The topological polar surface area (TPSA) is 81.7 Å². The molecule has 13 heteroatoms. The maximum atomic E-state index is 13.5. The molecule has 35 heavy (non-hydrogen) atoms. The Morgan fingerprint density at radius 2 is 0.914 bits per heavy atom. The number of carbonyl (C=O) groups is 1. The van der Waals surface area contributed by atoms with Gasteiger partial charge in [0.2, 0.25) is 34.8 Å². The molecule has 0 saturated heterocycles. The van der Waals surface area contributed by atoms with Crippen LogP contribution in [0.15, 0.2) is 0 Å². The lowest BCUT2D eigenvalue weighted by Gasteiger charge is -2.09. The number of benzene rings is 1. The third kappa shape index (κ3) is 12.8. The zero-order valence-corrected chi connectivity index (χ0v) is 18.9. The van der Waals surface area contributed by atoms with Crippen LogP contribution in [0, 0.1) is 41.4 Å². The molecule has 0 amide bonds. The Bertz CT molecular complexity index is 774. The molecule has 0 atom stereocenters. The normalized spacial score (nSPS) is 11.0. The van der Waals surface area contributed by atoms with Gasteiger partial charge in [0.25, 0.3) is 0 Å². The van der Waals surface area contributed by atoms with E-state index in [9.17, 15) is 26.7 Å². The van der Waals surface area contributed by atoms with E-state index in [2.05, 4.69) is 10.7 Å². The van der Waals surface area contributed by atoms with Crippen molar-refractivity contribution in [1.29, 1.82) is 0 Å². The fraction of sp³-hybridized carbons (Fsp3) is 0.591. The molecule has 0 aliphatic rings. The second kappa shape index (κ2) is 18.9. The fourth-order valence-electron chi connectivity index (χ4n) is 2.23. The third-order valence-corrected chi connectivity index (χ3v) is 3.88. The second-order valence-corrected chi connectivity index (χ2v) is 6.44. The van der Waals surface area contributed by atoms with E-state index < -0.39 is 47.2 Å². The number of ether oxygens (including phenoxy) is 7. The van der Waals surface area contributed by atoms with Crippen LogP contribution in [0.1, 0.15) is 6.42 Å². The summed E-state index contributed by atoms with van der Waals surface area (Å²) in [7, 11) is 0. The van der Waals surface area contributed by atoms with Crippen molar-refractivity contribution in [3.8, 4) is 18.1 Å². The Morgan fingerprint density at radius 1 is 0.571 bits per heavy atom. The van der Waals surface area contributed by atoms with Gasteiger partial charge in [-0.2, -0.15) is 8.78 Å². The molecule has 0 aliphatic carbocycles. The average molecular weight is 514 g/mol. The van der Waals surface area contributed by atoms with Crippen LogP contribution in [-0.4, -0.2) is 85.3 Å². The van der Waals surface area contributed by atoms with Crippen molar-refractivity contribution >= 4 is 5.97 Å². The molecule has 1 aromatic carbocycles. The lowest BCUT2D eigenvalue weighted by molar-refractivity contribution is -0.136. The summed E-state index contributed by atoms with van der Waals surface area (Å²) in [6, 6.07) is 0. The van der Waals surface area contributed by atoms with Gasteiger partial charge in [0.05, 0.1) is 79.1 Å². The summed E-state index contributed by atoms with van der Waals surface area (Å²) in [4.78, 5) is 11.6. The summed E-state index contributed by atoms with van der Waals surface area (Å²) in [6.45, 7) is 3.38. The highest BCUT2D eigenvalue weighted by molar-refractivity contribution is 5.72. The standard InChI is InChI=1S/C22H27F5O8/c1-2-4-29-6-8-31-10-12-33-14-15-34-13-11-32-9-7-30-5-3-16(28)35-22-20(26)18(24)17(23)19(25)21(22)27/h1H,3-15H2. The van der Waals surface area contributed by atoms with Gasteiger partial charge in [-0.1, -0.05) is 5.92 Å². The Balaban J connectivity index is 1.94. The average Bonchev–Trinajstić information content (AvgIpc) is 2.85. The van der Waals surface area contributed by atoms with Gasteiger partial charge < -0.3 is 33.2 Å². The lowest BCUT2D eigenvalue weighted by Crippen LogP contribution is -2.16. The Hall–Kier alpha value is -2.34. The van der Waals surface area contributed by atoms with E-state index in [1.807, 2.05) is 0 Å². The van der Waals surface area contributed by atoms with Crippen molar-refractivity contribution in [3.05, 3.63) is 29.1 Å². The predicted molar refractivity (Wildman–Crippen MR) is 110 cm³/mol. The van der Waals surface area contributed by atoms with Gasteiger partial charge in [-0.05, 0) is 0 Å². The number of halogens is 5. The molecule has 0 radical (unpaired) electrons. The molecule has 0 aliphatic heterocycles. The molecule has 0 N–H and O–H groups in total. The van der Waals surface area contributed by atoms with Crippen LogP contribution >= 0.6 is 0 Å². The number of rotatable bonds is 20. The number of hydrogen-bond donors (Lipinski definition) is 0. The maximum Gasteiger partial charge on any atom is 0.313 e. The van der Waals surface area contributed by atoms with Crippen molar-refractivity contribution in [2.45, 2.75) is 6.42 Å². The smallest absolute Gasteiger partial charge is 0.313 e. The lowest BCUT2D eigenvalue weighted by atomic mass is 10.2. The summed E-state index contributed by atoms with van der Waals surface area (Å²) < 4.78 is 101. The van der Waals surface area contributed by atoms with E-state index in [0.717, 1.165) is 0 Å². The van der Waals surface area contributed by atoms with Gasteiger partial charge in [0.1, 0.15) is 6.61 Å². The van der Waals surface area contributed by atoms with Crippen molar-refractivity contribution in [1.82, 2.24) is 0 Å². The summed E-state index contributed by atoms with van der Waals surface area (Å²) >= 11 is 0. The van der Waals surface area contributed by atoms with E-state index in [-0.39, 0.29) is 33.0 Å². The van der Waals surface area contributed by atoms with Gasteiger partial charge >= 0.3 is 5.97 Å². The minimum absolute atomic E-state index is 0.0900. The van der Waals surface area contributed by atoms with Crippen LogP contribution in [0.3, 0.4) is 0 Å². The highest BCUT2D eigenvalue weighted by Crippen LogP contribution is 2.29. The highest BCUT2D eigenvalue weighted by Gasteiger charge is 2.28. The first-order chi connectivity index (χ1) is 16.9. The van der Waals surface area contributed by atoms with E-state index in [0.29, 0.717) is 46.2 Å². The monoisotopic (exact) mass is 514 g/mol. The van der Waals surface area contributed by atoms with Gasteiger partial charge in [-0.3, -0.25) is 4.79 Å². The minimum Gasteiger partial charge on any atom is -0.420 e. The number of hydrogen-bond acceptors (Lipinski definition) is 8. The van der Waals surface area contributed by atoms with Crippen LogP contribution in [0.25, 0.3) is 0 Å². The predicted octanol–water partition coefficient (Wildman–Crippen LogP) is 2.41. The molecule has 0 aromatic heterocycles. The number of carbonyl (C=O) groups excluding carboxylic acids is 1. The van der Waals surface area contributed by atoms with Crippen LogP contribution < -0.4 is 4.74 Å². The Morgan fingerprint density at radius 3 is 1.31 bits per heavy atom. The zero-order valence-electron chi connectivity index (χ0n) is 18.9. The molecular weight excluding hydrogens is 487 g/mol.